The number of carbonyl (C=O) groups excluding carboxylic acids is 2. The van der Waals surface area contributed by atoms with E-state index in [1.807, 2.05) is 30.9 Å². The predicted molar refractivity (Wildman–Crippen MR) is 124 cm³/mol. The van der Waals surface area contributed by atoms with E-state index >= 15 is 0 Å². The number of alkyl carbamates (subject to hydrolysis) is 1. The molecule has 31 heavy (non-hydrogen) atoms. The average Bonchev–Trinajstić information content (AvgIpc) is 3.34. The summed E-state index contributed by atoms with van der Waals surface area (Å²) in [6.07, 6.45) is 0.218. The van der Waals surface area contributed by atoms with Crippen LogP contribution in [-0.4, -0.2) is 46.6 Å². The van der Waals surface area contributed by atoms with Crippen LogP contribution in [0.1, 0.15) is 39.1 Å². The summed E-state index contributed by atoms with van der Waals surface area (Å²) in [6, 6.07) is 9.42. The fourth-order valence-corrected chi connectivity index (χ4v) is 4.76. The minimum Gasteiger partial charge on any atom is -0.453 e. The van der Waals surface area contributed by atoms with Gasteiger partial charge in [0.2, 0.25) is 5.91 Å². The zero-order valence-electron chi connectivity index (χ0n) is 18.1. The molecule has 1 aliphatic heterocycles. The summed E-state index contributed by atoms with van der Waals surface area (Å²) in [5.74, 6) is 0.940. The molecule has 0 spiro atoms. The number of halogens is 1. The topological polar surface area (TPSA) is 87.3 Å². The number of hydrogen-bond acceptors (Lipinski definition) is 4. The van der Waals surface area contributed by atoms with Crippen molar-refractivity contribution in [3.05, 3.63) is 40.6 Å². The van der Waals surface area contributed by atoms with Crippen LogP contribution in [0.15, 0.2) is 34.8 Å². The van der Waals surface area contributed by atoms with E-state index < -0.39 is 12.1 Å². The van der Waals surface area contributed by atoms with Crippen LogP contribution in [0, 0.1) is 11.8 Å². The normalized spacial score (nSPS) is 19.9. The van der Waals surface area contributed by atoms with Crippen LogP contribution in [0.2, 0.25) is 0 Å². The van der Waals surface area contributed by atoms with Gasteiger partial charge in [-0.1, -0.05) is 48.8 Å². The summed E-state index contributed by atoms with van der Waals surface area (Å²) in [5.41, 5.74) is 1.85. The maximum absolute atomic E-state index is 13.4. The number of nitrogens with one attached hydrogen (secondary N) is 2. The van der Waals surface area contributed by atoms with Crippen molar-refractivity contribution in [1.82, 2.24) is 20.2 Å². The summed E-state index contributed by atoms with van der Waals surface area (Å²) < 4.78 is 5.75. The van der Waals surface area contributed by atoms with Crippen molar-refractivity contribution < 1.29 is 14.3 Å². The van der Waals surface area contributed by atoms with E-state index in [2.05, 4.69) is 51.4 Å². The van der Waals surface area contributed by atoms with Gasteiger partial charge in [-0.15, -0.1) is 0 Å². The van der Waals surface area contributed by atoms with Crippen molar-refractivity contribution in [2.45, 2.75) is 39.3 Å². The highest BCUT2D eigenvalue weighted by molar-refractivity contribution is 9.10. The summed E-state index contributed by atoms with van der Waals surface area (Å²) in [6.45, 7) is 6.59. The molecule has 3 atom stereocenters. The molecule has 3 aromatic rings. The van der Waals surface area contributed by atoms with E-state index in [0.29, 0.717) is 12.5 Å². The number of rotatable bonds is 4. The summed E-state index contributed by atoms with van der Waals surface area (Å²) >= 11 is 3.52. The minimum absolute atomic E-state index is 0.0683. The molecule has 2 amide bonds. The molecule has 0 saturated carbocycles. The zero-order chi connectivity index (χ0) is 22.3. The van der Waals surface area contributed by atoms with Crippen molar-refractivity contribution in [2.24, 2.45) is 11.8 Å². The van der Waals surface area contributed by atoms with E-state index in [0.717, 1.165) is 38.5 Å². The quantitative estimate of drug-likeness (QED) is 0.555. The number of ether oxygens (including phenoxy) is 1. The minimum atomic E-state index is -0.650. The van der Waals surface area contributed by atoms with E-state index in [9.17, 15) is 9.59 Å². The molecule has 2 heterocycles. The van der Waals surface area contributed by atoms with E-state index in [-0.39, 0.29) is 17.9 Å². The Morgan fingerprint density at radius 3 is 2.77 bits per heavy atom. The van der Waals surface area contributed by atoms with Gasteiger partial charge in [0, 0.05) is 16.4 Å². The number of imidazole rings is 1. The molecule has 0 bridgehead atoms. The Balaban J connectivity index is 1.70. The highest BCUT2D eigenvalue weighted by Gasteiger charge is 2.40. The van der Waals surface area contributed by atoms with E-state index in [1.54, 1.807) is 0 Å². The van der Waals surface area contributed by atoms with Crippen LogP contribution in [-0.2, 0) is 9.53 Å². The van der Waals surface area contributed by atoms with Gasteiger partial charge in [-0.25, -0.2) is 9.78 Å². The molecular formula is C23H27BrN4O3. The number of hydrogen-bond donors (Lipinski definition) is 2. The molecule has 1 saturated heterocycles. The van der Waals surface area contributed by atoms with Crippen LogP contribution in [0.3, 0.4) is 0 Å². The monoisotopic (exact) mass is 486 g/mol. The van der Waals surface area contributed by atoms with Gasteiger partial charge in [-0.2, -0.15) is 0 Å². The van der Waals surface area contributed by atoms with Crippen LogP contribution in [0.25, 0.3) is 21.8 Å². The maximum atomic E-state index is 13.4. The van der Waals surface area contributed by atoms with Crippen molar-refractivity contribution in [2.75, 3.05) is 13.7 Å². The first-order chi connectivity index (χ1) is 14.8. The number of fused-ring (bicyclic) bond motifs is 3. The second-order valence-corrected chi connectivity index (χ2v) is 9.57. The van der Waals surface area contributed by atoms with Crippen molar-refractivity contribution in [1.29, 1.82) is 0 Å². The summed E-state index contributed by atoms with van der Waals surface area (Å²) in [5, 5.41) is 4.87. The lowest BCUT2D eigenvalue weighted by Crippen LogP contribution is -2.51. The Morgan fingerprint density at radius 1 is 1.29 bits per heavy atom. The lowest BCUT2D eigenvalue weighted by Gasteiger charge is -2.30. The summed E-state index contributed by atoms with van der Waals surface area (Å²) in [7, 11) is 1.30. The van der Waals surface area contributed by atoms with Gasteiger partial charge >= 0.3 is 6.09 Å². The van der Waals surface area contributed by atoms with E-state index in [4.69, 9.17) is 9.72 Å². The van der Waals surface area contributed by atoms with Crippen LogP contribution in [0.4, 0.5) is 4.79 Å². The first-order valence-corrected chi connectivity index (χ1v) is 11.3. The largest absolute Gasteiger partial charge is 0.453 e. The van der Waals surface area contributed by atoms with Crippen LogP contribution < -0.4 is 5.32 Å². The number of aromatic amines is 1. The Labute approximate surface area is 189 Å². The Kier molecular flexibility index (Phi) is 5.92. The molecular weight excluding hydrogens is 460 g/mol. The number of carbonyl (C=O) groups is 2. The Bertz CT molecular complexity index is 1140. The van der Waals surface area contributed by atoms with Gasteiger partial charge in [0.1, 0.15) is 11.9 Å². The molecule has 0 radical (unpaired) electrons. The molecule has 2 N–H and O–H groups in total. The first kappa shape index (κ1) is 21.6. The fraction of sp³-hybridized carbons (Fsp3) is 0.435. The molecule has 2 aromatic carbocycles. The third-order valence-corrected chi connectivity index (χ3v) is 6.44. The third-order valence-electron chi connectivity index (χ3n) is 5.95. The SMILES string of the molecule is COC(=O)N[C@H](C(=O)N1C[C@@H](C)C[C@H]1c1nc2c(ccc3cc(Br)ccc32)[nH]1)C(C)C. The van der Waals surface area contributed by atoms with Crippen molar-refractivity contribution in [3.8, 4) is 0 Å². The number of H-pyrrole nitrogens is 1. The lowest BCUT2D eigenvalue weighted by molar-refractivity contribution is -0.135. The van der Waals surface area contributed by atoms with Gasteiger partial charge in [0.15, 0.2) is 0 Å². The smallest absolute Gasteiger partial charge is 0.407 e. The molecule has 0 unspecified atom stereocenters. The maximum Gasteiger partial charge on any atom is 0.407 e. The molecule has 1 fully saturated rings. The molecule has 1 aliphatic rings. The number of amides is 2. The van der Waals surface area contributed by atoms with Crippen LogP contribution >= 0.6 is 15.9 Å². The van der Waals surface area contributed by atoms with Crippen molar-refractivity contribution in [3.63, 3.8) is 0 Å². The predicted octanol–water partition coefficient (Wildman–Crippen LogP) is 4.77. The Morgan fingerprint density at radius 2 is 2.06 bits per heavy atom. The van der Waals surface area contributed by atoms with Gasteiger partial charge in [-0.3, -0.25) is 4.79 Å². The molecule has 0 aliphatic carbocycles. The number of aromatic nitrogens is 2. The van der Waals surface area contributed by atoms with Gasteiger partial charge in [0.25, 0.3) is 0 Å². The molecule has 164 valence electrons. The molecule has 4 rings (SSSR count). The van der Waals surface area contributed by atoms with Gasteiger partial charge in [-0.05, 0) is 41.8 Å². The molecule has 7 nitrogen and oxygen atoms in total. The second kappa shape index (κ2) is 8.49. The zero-order valence-corrected chi connectivity index (χ0v) is 19.7. The standard InChI is InChI=1S/C23H27BrN4O3/c1-12(2)19(27-23(30)31-4)22(29)28-11-13(3)9-18(28)21-25-17-8-5-14-10-15(24)6-7-16(14)20(17)26-21/h5-8,10,12-13,18-19H,9,11H2,1-4H3,(H,25,26)(H,27,30)/t13-,18-,19-/m0/s1. The lowest BCUT2D eigenvalue weighted by atomic mass is 10.0. The second-order valence-electron chi connectivity index (χ2n) is 8.65. The molecule has 1 aromatic heterocycles. The first-order valence-electron chi connectivity index (χ1n) is 10.5. The number of nitrogens with zero attached hydrogens (tertiary/aromatic N) is 2. The highest BCUT2D eigenvalue weighted by atomic mass is 79.9. The summed E-state index contributed by atoms with van der Waals surface area (Å²) in [4.78, 5) is 35.5. The molecule has 8 heteroatoms. The highest BCUT2D eigenvalue weighted by Crippen LogP contribution is 2.37. The van der Waals surface area contributed by atoms with E-state index in [1.165, 1.54) is 7.11 Å². The number of methoxy groups -OCH3 is 1. The Hall–Kier alpha value is -2.61. The van der Waals surface area contributed by atoms with Crippen LogP contribution in [0.5, 0.6) is 0 Å². The fourth-order valence-electron chi connectivity index (χ4n) is 4.38. The van der Waals surface area contributed by atoms with Gasteiger partial charge in [0.05, 0.1) is 24.2 Å². The van der Waals surface area contributed by atoms with Gasteiger partial charge < -0.3 is 19.9 Å². The number of benzene rings is 2. The average molecular weight is 487 g/mol. The third kappa shape index (κ3) is 4.13. The van der Waals surface area contributed by atoms with Crippen molar-refractivity contribution >= 4 is 49.7 Å². The number of likely N-dealkylation sites (tertiary alicyclic amines) is 1.